The minimum atomic E-state index is -5.31. The summed E-state index contributed by atoms with van der Waals surface area (Å²) in [4.78, 5) is 12.4. The van der Waals surface area contributed by atoms with Crippen LogP contribution in [0.2, 0.25) is 0 Å². The number of amides is 1. The van der Waals surface area contributed by atoms with Gasteiger partial charge in [0.05, 0.1) is 47.8 Å². The van der Waals surface area contributed by atoms with E-state index in [-0.39, 0.29) is 26.4 Å². The molecule has 51 heavy (non-hydrogen) atoms. The van der Waals surface area contributed by atoms with E-state index in [0.29, 0.717) is 28.4 Å². The summed E-state index contributed by atoms with van der Waals surface area (Å²) < 4.78 is 84.4. The molecule has 0 aromatic heterocycles. The van der Waals surface area contributed by atoms with Crippen molar-refractivity contribution in [2.24, 2.45) is 0 Å². The van der Waals surface area contributed by atoms with Crippen molar-refractivity contribution in [3.8, 4) is 17.2 Å². The highest BCUT2D eigenvalue weighted by molar-refractivity contribution is 6.76. The maximum Gasteiger partial charge on any atom is 0.471 e. The molecule has 0 spiro atoms. The first-order valence-corrected chi connectivity index (χ1v) is 16.4. The molecule has 11 nitrogen and oxygen atoms in total. The van der Waals surface area contributed by atoms with Crippen molar-refractivity contribution < 1.29 is 55.9 Å². The molecule has 1 aliphatic heterocycles. The van der Waals surface area contributed by atoms with Gasteiger partial charge in [0.2, 0.25) is 12.2 Å². The molecule has 0 aliphatic carbocycles. The van der Waals surface area contributed by atoms with Gasteiger partial charge in [0, 0.05) is 0 Å². The first-order valence-electron chi connectivity index (χ1n) is 15.3. The maximum atomic E-state index is 13.7. The van der Waals surface area contributed by atoms with Gasteiger partial charge in [-0.1, -0.05) is 71.2 Å². The lowest BCUT2D eigenvalue weighted by atomic mass is 9.95. The molecular weight excluding hydrogens is 744 g/mol. The monoisotopic (exact) mass is 778 g/mol. The summed E-state index contributed by atoms with van der Waals surface area (Å²) in [7, 11) is 4.55. The molecule has 1 aliphatic rings. The number of hydrogen-bond acceptors (Lipinski definition) is 10. The van der Waals surface area contributed by atoms with Crippen molar-refractivity contribution in [2.45, 2.75) is 60.4 Å². The van der Waals surface area contributed by atoms with E-state index in [9.17, 15) is 18.0 Å². The summed E-state index contributed by atoms with van der Waals surface area (Å²) in [5.41, 5.74) is 2.06. The molecule has 1 fully saturated rings. The van der Waals surface area contributed by atoms with Crippen molar-refractivity contribution >= 4 is 46.6 Å². The lowest BCUT2D eigenvalue weighted by Crippen LogP contribution is -2.67. The summed E-state index contributed by atoms with van der Waals surface area (Å²) in [5, 5.41) is 10.1. The van der Waals surface area contributed by atoms with Crippen molar-refractivity contribution in [3.63, 3.8) is 0 Å². The second kappa shape index (κ2) is 18.3. The number of benzene rings is 3. The molecular formula is C34H36Cl3F3N2O9. The van der Waals surface area contributed by atoms with Crippen molar-refractivity contribution in [1.82, 2.24) is 5.32 Å². The van der Waals surface area contributed by atoms with Gasteiger partial charge in [0.25, 0.3) is 3.79 Å². The van der Waals surface area contributed by atoms with E-state index in [1.54, 1.807) is 72.8 Å². The third-order valence-electron chi connectivity index (χ3n) is 7.61. The number of carbonyl (C=O) groups excluding carboxylic acids is 1. The number of rotatable bonds is 15. The zero-order valence-electron chi connectivity index (χ0n) is 27.6. The number of hydrogen-bond donors (Lipinski definition) is 2. The van der Waals surface area contributed by atoms with Crippen LogP contribution in [0.25, 0.3) is 0 Å². The maximum absolute atomic E-state index is 13.7. The van der Waals surface area contributed by atoms with Gasteiger partial charge >= 0.3 is 12.1 Å². The highest BCUT2D eigenvalue weighted by atomic mass is 35.6. The van der Waals surface area contributed by atoms with Crippen molar-refractivity contribution in [2.75, 3.05) is 27.9 Å². The number of alkyl halides is 6. The van der Waals surface area contributed by atoms with E-state index < -0.39 is 52.4 Å². The molecule has 3 aromatic carbocycles. The molecule has 17 heteroatoms. The fourth-order valence-electron chi connectivity index (χ4n) is 4.95. The van der Waals surface area contributed by atoms with E-state index in [1.807, 2.05) is 5.32 Å². The quantitative estimate of drug-likeness (QED) is 0.101. The second-order valence-corrected chi connectivity index (χ2v) is 13.4. The van der Waals surface area contributed by atoms with Gasteiger partial charge in [0.1, 0.15) is 41.6 Å². The third-order valence-corrected chi connectivity index (χ3v) is 8.12. The Hall–Kier alpha value is -3.50. The van der Waals surface area contributed by atoms with Gasteiger partial charge in [0.15, 0.2) is 0 Å². The Morgan fingerprint density at radius 1 is 0.745 bits per heavy atom. The van der Waals surface area contributed by atoms with Gasteiger partial charge < -0.3 is 43.2 Å². The lowest BCUT2D eigenvalue weighted by molar-refractivity contribution is -0.275. The molecule has 0 radical (unpaired) electrons. The number of ether oxygens (including phenoxy) is 8. The van der Waals surface area contributed by atoms with Crippen LogP contribution in [-0.2, 0) is 48.3 Å². The summed E-state index contributed by atoms with van der Waals surface area (Å²) >= 11 is 17.6. The van der Waals surface area contributed by atoms with E-state index in [1.165, 1.54) is 21.3 Å². The van der Waals surface area contributed by atoms with Gasteiger partial charge in [-0.25, -0.2) is 0 Å². The average Bonchev–Trinajstić information content (AvgIpc) is 3.11. The van der Waals surface area contributed by atoms with Crippen LogP contribution >= 0.6 is 34.8 Å². The van der Waals surface area contributed by atoms with E-state index in [0.717, 1.165) is 5.56 Å². The van der Waals surface area contributed by atoms with Crippen LogP contribution in [0.15, 0.2) is 72.8 Å². The van der Waals surface area contributed by atoms with Crippen LogP contribution in [0.4, 0.5) is 13.2 Å². The van der Waals surface area contributed by atoms with Gasteiger partial charge in [-0.3, -0.25) is 10.2 Å². The molecule has 3 aromatic rings. The number of nitrogens with one attached hydrogen (secondary N) is 2. The molecule has 4 rings (SSSR count). The second-order valence-electron chi connectivity index (χ2n) is 11.1. The standard InChI is InChI=1S/C34H36Cl3F3N2O9/c1-44-23-10-4-20(5-11-23)16-47-19-26-28(48-17-21-6-12-24(45-2)13-7-21)29(49-18-22-8-14-25(46-3)15-9-22)27(42-32(43)34(38,39)40)30(50-26)51-31(41)33(35,36)37/h4-15,26-30,41H,16-19H2,1-3H3,(H,42,43)/t26?,27?,28-,29-,30+/m1/s1. The largest absolute Gasteiger partial charge is 0.497 e. The third kappa shape index (κ3) is 11.8. The first-order chi connectivity index (χ1) is 24.2. The molecule has 0 saturated carbocycles. The van der Waals surface area contributed by atoms with Crippen molar-refractivity contribution in [1.29, 1.82) is 5.41 Å². The molecule has 278 valence electrons. The number of carbonyl (C=O) groups is 1. The Labute approximate surface area is 307 Å². The molecule has 0 bridgehead atoms. The van der Waals surface area contributed by atoms with Crippen LogP contribution in [0.3, 0.4) is 0 Å². The van der Waals surface area contributed by atoms with Crippen LogP contribution in [0.5, 0.6) is 17.2 Å². The van der Waals surface area contributed by atoms with E-state index in [4.69, 9.17) is 78.1 Å². The highest BCUT2D eigenvalue weighted by Gasteiger charge is 2.53. The van der Waals surface area contributed by atoms with Crippen LogP contribution in [-0.4, -0.2) is 80.4 Å². The Balaban J connectivity index is 1.71. The fraction of sp³-hybridized carbons (Fsp3) is 0.412. The van der Waals surface area contributed by atoms with Crippen LogP contribution in [0, 0.1) is 5.41 Å². The zero-order chi connectivity index (χ0) is 37.2. The summed E-state index contributed by atoms with van der Waals surface area (Å²) in [6, 6.07) is 19.0. The summed E-state index contributed by atoms with van der Waals surface area (Å²) in [6.45, 7) is -0.340. The van der Waals surface area contributed by atoms with Crippen LogP contribution in [0.1, 0.15) is 16.7 Å². The SMILES string of the molecule is COc1ccc(COCC2O[C@@H](OC(=N)C(Cl)(Cl)Cl)C(NC(=O)C(F)(F)F)[C@@H](OCc3ccc(OC)cc3)[C@@H]2OCc2ccc(OC)cc2)cc1. The Bertz CT molecular complexity index is 1560. The van der Waals surface area contributed by atoms with Crippen LogP contribution < -0.4 is 19.5 Å². The molecule has 1 amide bonds. The predicted molar refractivity (Wildman–Crippen MR) is 182 cm³/mol. The minimum Gasteiger partial charge on any atom is -0.497 e. The Morgan fingerprint density at radius 3 is 1.59 bits per heavy atom. The van der Waals surface area contributed by atoms with E-state index >= 15 is 0 Å². The zero-order valence-corrected chi connectivity index (χ0v) is 29.9. The van der Waals surface area contributed by atoms with E-state index in [2.05, 4.69) is 0 Å². The Kier molecular flexibility index (Phi) is 14.5. The molecule has 2 unspecified atom stereocenters. The predicted octanol–water partition coefficient (Wildman–Crippen LogP) is 6.54. The summed E-state index contributed by atoms with van der Waals surface area (Å²) in [6.07, 6.45) is -10.9. The number of methoxy groups -OCH3 is 3. The molecule has 1 saturated heterocycles. The highest BCUT2D eigenvalue weighted by Crippen LogP contribution is 2.34. The van der Waals surface area contributed by atoms with Gasteiger partial charge in [-0.05, 0) is 53.1 Å². The summed E-state index contributed by atoms with van der Waals surface area (Å²) in [5.74, 6) is -1.51. The molecule has 2 N–H and O–H groups in total. The normalized spacial score (nSPS) is 20.7. The van der Waals surface area contributed by atoms with Crippen molar-refractivity contribution in [3.05, 3.63) is 89.5 Å². The topological polar surface area (TPSA) is 127 Å². The number of halogens is 6. The lowest BCUT2D eigenvalue weighted by Gasteiger charge is -2.46. The average molecular weight is 780 g/mol. The van der Waals surface area contributed by atoms with Gasteiger partial charge in [-0.15, -0.1) is 0 Å². The first kappa shape index (κ1) is 40.3. The fourth-order valence-corrected chi connectivity index (χ4v) is 5.08. The molecule has 5 atom stereocenters. The van der Waals surface area contributed by atoms with Gasteiger partial charge in [-0.2, -0.15) is 13.2 Å². The smallest absolute Gasteiger partial charge is 0.471 e. The molecule has 1 heterocycles. The Morgan fingerprint density at radius 2 is 1.18 bits per heavy atom. The minimum absolute atomic E-state index is 0.0647.